The van der Waals surface area contributed by atoms with E-state index < -0.39 is 5.91 Å². The molecule has 3 heterocycles. The van der Waals surface area contributed by atoms with Crippen LogP contribution in [-0.2, 0) is 9.53 Å². The number of aromatic nitrogens is 1. The molecule has 8 heteroatoms. The number of benzene rings is 1. The van der Waals surface area contributed by atoms with Gasteiger partial charge in [-0.3, -0.25) is 9.59 Å². The van der Waals surface area contributed by atoms with Gasteiger partial charge in [0.2, 0.25) is 5.91 Å². The fourth-order valence-electron chi connectivity index (χ4n) is 4.64. The van der Waals surface area contributed by atoms with Crippen LogP contribution in [-0.4, -0.2) is 55.0 Å². The molecule has 2 aromatic rings. The number of hydrogen-bond acceptors (Lipinski definition) is 5. The summed E-state index contributed by atoms with van der Waals surface area (Å²) in [6, 6.07) is 9.47. The number of amides is 2. The monoisotopic (exact) mass is 398 g/mol. The number of carbonyl (C=O) groups excluding carboxylic acids is 2. The van der Waals surface area contributed by atoms with E-state index in [9.17, 15) is 14.0 Å². The summed E-state index contributed by atoms with van der Waals surface area (Å²) in [6.45, 7) is 1.77. The molecule has 0 aliphatic carbocycles. The van der Waals surface area contributed by atoms with Gasteiger partial charge in [0.1, 0.15) is 18.2 Å². The minimum Gasteiger partial charge on any atom is -0.375 e. The molecule has 2 fully saturated rings. The number of nitrogens with two attached hydrogens (primary N) is 1. The van der Waals surface area contributed by atoms with Crippen molar-refractivity contribution in [1.82, 2.24) is 9.88 Å². The maximum absolute atomic E-state index is 13.9. The number of likely N-dealkylation sites (tertiary alicyclic amines) is 1. The fourth-order valence-corrected chi connectivity index (χ4v) is 4.64. The maximum atomic E-state index is 13.9. The third kappa shape index (κ3) is 3.55. The lowest BCUT2D eigenvalue weighted by Gasteiger charge is -2.30. The lowest BCUT2D eigenvalue weighted by molar-refractivity contribution is -0.136. The first kappa shape index (κ1) is 19.3. The second-order valence-electron chi connectivity index (χ2n) is 7.55. The zero-order chi connectivity index (χ0) is 20.5. The van der Waals surface area contributed by atoms with Crippen molar-refractivity contribution in [3.05, 3.63) is 59.5 Å². The van der Waals surface area contributed by atoms with Gasteiger partial charge in [0.25, 0.3) is 5.91 Å². The average Bonchev–Trinajstić information content (AvgIpc) is 3.26. The van der Waals surface area contributed by atoms with Crippen LogP contribution in [0.25, 0.3) is 0 Å². The highest BCUT2D eigenvalue weighted by Gasteiger charge is 2.49. The van der Waals surface area contributed by atoms with E-state index in [-0.39, 0.29) is 36.2 Å². The van der Waals surface area contributed by atoms with E-state index in [2.05, 4.69) is 4.98 Å². The van der Waals surface area contributed by atoms with Gasteiger partial charge in [-0.1, -0.05) is 12.1 Å². The highest BCUT2D eigenvalue weighted by Crippen LogP contribution is 2.46. The smallest absolute Gasteiger partial charge is 0.252 e. The summed E-state index contributed by atoms with van der Waals surface area (Å²) in [5, 5.41) is 0. The van der Waals surface area contributed by atoms with Crippen molar-refractivity contribution in [2.24, 2.45) is 17.6 Å². The van der Waals surface area contributed by atoms with Crippen molar-refractivity contribution in [2.45, 2.75) is 6.04 Å². The van der Waals surface area contributed by atoms with E-state index in [1.165, 1.54) is 19.2 Å². The van der Waals surface area contributed by atoms with E-state index in [0.717, 1.165) is 5.56 Å². The lowest BCUT2D eigenvalue weighted by atomic mass is 9.89. The molecule has 3 atom stereocenters. The highest BCUT2D eigenvalue weighted by molar-refractivity contribution is 5.97. The quantitative estimate of drug-likeness (QED) is 0.827. The van der Waals surface area contributed by atoms with Gasteiger partial charge < -0.3 is 20.3 Å². The van der Waals surface area contributed by atoms with Crippen molar-refractivity contribution in [2.75, 3.05) is 38.3 Å². The number of fused-ring (bicyclic) bond motifs is 1. The van der Waals surface area contributed by atoms with Crippen LogP contribution in [0.3, 0.4) is 0 Å². The number of rotatable bonds is 5. The Labute approximate surface area is 168 Å². The van der Waals surface area contributed by atoms with Crippen LogP contribution in [0.1, 0.15) is 22.0 Å². The molecule has 2 N–H and O–H groups in total. The van der Waals surface area contributed by atoms with E-state index in [1.807, 2.05) is 11.0 Å². The second kappa shape index (κ2) is 7.79. The standard InChI is InChI=1S/C21H23FN4O3/c1-29-12-18(27)26-10-14-9-25(21-16(20(23)28)6-3-7-24-21)11-17(14)19(26)13-4-2-5-15(22)8-13/h2-8,14,17,19H,9-12H2,1H3,(H2,23,28)/t14-,17-,19+/m1/s1. The SMILES string of the molecule is COCC(=O)N1C[C@H]2CN(c3ncccc3C(N)=O)C[C@H]2[C@@H]1c1cccc(F)c1. The van der Waals surface area contributed by atoms with Gasteiger partial charge in [0.05, 0.1) is 11.6 Å². The topological polar surface area (TPSA) is 88.8 Å². The molecule has 29 heavy (non-hydrogen) atoms. The van der Waals surface area contributed by atoms with E-state index in [0.29, 0.717) is 31.0 Å². The summed E-state index contributed by atoms with van der Waals surface area (Å²) in [7, 11) is 1.49. The van der Waals surface area contributed by atoms with Crippen LogP contribution in [0.2, 0.25) is 0 Å². The molecular weight excluding hydrogens is 375 g/mol. The Kier molecular flexibility index (Phi) is 5.19. The number of nitrogens with zero attached hydrogens (tertiary/aromatic N) is 3. The number of ether oxygens (including phenoxy) is 1. The van der Waals surface area contributed by atoms with Crippen LogP contribution < -0.4 is 10.6 Å². The first-order valence-corrected chi connectivity index (χ1v) is 9.53. The number of anilines is 1. The summed E-state index contributed by atoms with van der Waals surface area (Å²) in [5.41, 5.74) is 6.65. The minimum atomic E-state index is -0.524. The number of halogens is 1. The van der Waals surface area contributed by atoms with Gasteiger partial charge in [0, 0.05) is 44.8 Å². The molecule has 0 spiro atoms. The lowest BCUT2D eigenvalue weighted by Crippen LogP contribution is -2.38. The van der Waals surface area contributed by atoms with Crippen LogP contribution >= 0.6 is 0 Å². The Morgan fingerprint density at radius 1 is 1.24 bits per heavy atom. The van der Waals surface area contributed by atoms with Crippen molar-refractivity contribution >= 4 is 17.6 Å². The average molecular weight is 398 g/mol. The summed E-state index contributed by atoms with van der Waals surface area (Å²) in [5.74, 6) is -0.155. The van der Waals surface area contributed by atoms with Gasteiger partial charge in [-0.2, -0.15) is 0 Å². The Bertz CT molecular complexity index is 938. The number of methoxy groups -OCH3 is 1. The molecule has 4 rings (SSSR count). The maximum Gasteiger partial charge on any atom is 0.252 e. The van der Waals surface area contributed by atoms with E-state index in [1.54, 1.807) is 29.3 Å². The first-order chi connectivity index (χ1) is 14.0. The fraction of sp³-hybridized carbons (Fsp3) is 0.381. The van der Waals surface area contributed by atoms with E-state index in [4.69, 9.17) is 10.5 Å². The Balaban J connectivity index is 1.66. The van der Waals surface area contributed by atoms with Crippen molar-refractivity contribution in [1.29, 1.82) is 0 Å². The Hall–Kier alpha value is -3.00. The second-order valence-corrected chi connectivity index (χ2v) is 7.55. The zero-order valence-corrected chi connectivity index (χ0v) is 16.1. The van der Waals surface area contributed by atoms with Crippen molar-refractivity contribution in [3.63, 3.8) is 0 Å². The molecule has 0 bridgehead atoms. The zero-order valence-electron chi connectivity index (χ0n) is 16.1. The van der Waals surface area contributed by atoms with E-state index >= 15 is 0 Å². The molecule has 1 aromatic heterocycles. The molecule has 2 saturated heterocycles. The molecule has 0 radical (unpaired) electrons. The molecule has 2 amide bonds. The molecule has 1 aromatic carbocycles. The summed E-state index contributed by atoms with van der Waals surface area (Å²) >= 11 is 0. The molecule has 152 valence electrons. The third-order valence-electron chi connectivity index (χ3n) is 5.79. The van der Waals surface area contributed by atoms with Crippen LogP contribution in [0, 0.1) is 17.7 Å². The number of pyridine rings is 1. The normalized spacial score (nSPS) is 23.3. The molecule has 2 aliphatic heterocycles. The summed E-state index contributed by atoms with van der Waals surface area (Å²) < 4.78 is 19.0. The molecule has 0 unspecified atom stereocenters. The number of hydrogen-bond donors (Lipinski definition) is 1. The Morgan fingerprint density at radius 3 is 2.79 bits per heavy atom. The molecule has 0 saturated carbocycles. The van der Waals surface area contributed by atoms with Gasteiger partial charge in [-0.15, -0.1) is 0 Å². The minimum absolute atomic E-state index is 0.0129. The van der Waals surface area contributed by atoms with Crippen molar-refractivity contribution < 1.29 is 18.7 Å². The largest absolute Gasteiger partial charge is 0.375 e. The third-order valence-corrected chi connectivity index (χ3v) is 5.79. The van der Waals surface area contributed by atoms with Crippen LogP contribution in [0.5, 0.6) is 0 Å². The molecule has 2 aliphatic rings. The molecule has 7 nitrogen and oxygen atoms in total. The summed E-state index contributed by atoms with van der Waals surface area (Å²) in [6.07, 6.45) is 1.63. The van der Waals surface area contributed by atoms with Gasteiger partial charge in [-0.05, 0) is 29.8 Å². The Morgan fingerprint density at radius 2 is 2.07 bits per heavy atom. The first-order valence-electron chi connectivity index (χ1n) is 9.53. The predicted molar refractivity (Wildman–Crippen MR) is 105 cm³/mol. The van der Waals surface area contributed by atoms with Crippen LogP contribution in [0.15, 0.2) is 42.6 Å². The van der Waals surface area contributed by atoms with Gasteiger partial charge in [-0.25, -0.2) is 9.37 Å². The number of carbonyl (C=O) groups is 2. The predicted octanol–water partition coefficient (Wildman–Crippen LogP) is 1.60. The van der Waals surface area contributed by atoms with Gasteiger partial charge >= 0.3 is 0 Å². The summed E-state index contributed by atoms with van der Waals surface area (Å²) in [4.78, 5) is 32.7. The number of primary amides is 1. The highest BCUT2D eigenvalue weighted by atomic mass is 19.1. The molecular formula is C21H23FN4O3. The van der Waals surface area contributed by atoms with Crippen molar-refractivity contribution in [3.8, 4) is 0 Å². The van der Waals surface area contributed by atoms with Gasteiger partial charge in [0.15, 0.2) is 0 Å². The van der Waals surface area contributed by atoms with Crippen LogP contribution in [0.4, 0.5) is 10.2 Å².